The number of nitro benzene ring substituents is 1. The number of anilines is 1. The Morgan fingerprint density at radius 2 is 2.10 bits per heavy atom. The summed E-state index contributed by atoms with van der Waals surface area (Å²) in [5.41, 5.74) is -1.65. The number of hydrogen-bond donors (Lipinski definition) is 3. The predicted octanol–water partition coefficient (Wildman–Crippen LogP) is 1.37. The number of carboxylic acids is 1. The highest BCUT2D eigenvalue weighted by Gasteiger charge is 2.23. The van der Waals surface area contributed by atoms with Crippen LogP contribution in [0, 0.1) is 15.9 Å². The Hall–Kier alpha value is -2.71. The highest BCUT2D eigenvalue weighted by atomic mass is 19.1. The fourth-order valence-corrected chi connectivity index (χ4v) is 1.62. The first kappa shape index (κ1) is 16.3. The van der Waals surface area contributed by atoms with Crippen LogP contribution in [0.5, 0.6) is 0 Å². The highest BCUT2D eigenvalue weighted by molar-refractivity contribution is 5.93. The Morgan fingerprint density at radius 3 is 2.62 bits per heavy atom. The second kappa shape index (κ2) is 7.17. The van der Waals surface area contributed by atoms with Crippen molar-refractivity contribution in [3.05, 3.63) is 33.6 Å². The Labute approximate surface area is 119 Å². The molecule has 0 aliphatic carbocycles. The Morgan fingerprint density at radius 1 is 1.43 bits per heavy atom. The number of benzene rings is 1. The maximum atomic E-state index is 13.7. The maximum Gasteiger partial charge on any atom is 0.342 e. The van der Waals surface area contributed by atoms with E-state index >= 15 is 0 Å². The van der Waals surface area contributed by atoms with E-state index in [9.17, 15) is 24.1 Å². The molecule has 1 amide bonds. The number of amides is 1. The molecule has 0 radical (unpaired) electrons. The normalized spacial score (nSPS) is 10.0. The lowest BCUT2D eigenvalue weighted by molar-refractivity contribution is -0.385. The van der Waals surface area contributed by atoms with Crippen molar-refractivity contribution in [1.82, 2.24) is 5.32 Å². The van der Waals surface area contributed by atoms with Gasteiger partial charge in [-0.05, 0) is 13.0 Å². The molecule has 0 atom stereocenters. The second-order valence-electron chi connectivity index (χ2n) is 4.04. The molecule has 0 aliphatic rings. The first-order valence-corrected chi connectivity index (χ1v) is 6.08. The average molecular weight is 299 g/mol. The van der Waals surface area contributed by atoms with Gasteiger partial charge in [0.1, 0.15) is 5.56 Å². The van der Waals surface area contributed by atoms with Gasteiger partial charge in [-0.1, -0.05) is 0 Å². The number of halogens is 1. The van der Waals surface area contributed by atoms with Gasteiger partial charge in [0.05, 0.1) is 16.7 Å². The molecule has 0 aliphatic heterocycles. The van der Waals surface area contributed by atoms with E-state index in [0.29, 0.717) is 12.6 Å². The van der Waals surface area contributed by atoms with Crippen LogP contribution in [0.2, 0.25) is 0 Å². The van der Waals surface area contributed by atoms with E-state index in [1.54, 1.807) is 6.92 Å². The Balaban J connectivity index is 2.88. The number of carbonyl (C=O) groups excluding carboxylic acids is 1. The van der Waals surface area contributed by atoms with E-state index in [1.165, 1.54) is 0 Å². The topological polar surface area (TPSA) is 122 Å². The van der Waals surface area contributed by atoms with Crippen LogP contribution in [0.3, 0.4) is 0 Å². The van der Waals surface area contributed by atoms with Gasteiger partial charge < -0.3 is 15.7 Å². The summed E-state index contributed by atoms with van der Waals surface area (Å²) in [6, 6.07) is 1.38. The van der Waals surface area contributed by atoms with Crippen LogP contribution in [0.4, 0.5) is 15.8 Å². The lowest BCUT2D eigenvalue weighted by atomic mass is 10.1. The number of carbonyl (C=O) groups is 2. The van der Waals surface area contributed by atoms with Crippen LogP contribution in [0.1, 0.15) is 23.7 Å². The molecule has 0 heterocycles. The zero-order valence-electron chi connectivity index (χ0n) is 11.2. The van der Waals surface area contributed by atoms with E-state index in [1.807, 2.05) is 0 Å². The molecular weight excluding hydrogens is 285 g/mol. The zero-order chi connectivity index (χ0) is 16.0. The van der Waals surface area contributed by atoms with Gasteiger partial charge in [0.25, 0.3) is 5.69 Å². The molecule has 114 valence electrons. The number of rotatable bonds is 7. The van der Waals surface area contributed by atoms with Crippen molar-refractivity contribution in [3.8, 4) is 0 Å². The molecule has 0 saturated carbocycles. The van der Waals surface area contributed by atoms with Crippen LogP contribution in [0.15, 0.2) is 12.1 Å². The standard InChI is InChI=1S/C12H14FN3O5/c1-2-14-11(17)3-4-15-9-5-7(12(18)19)10(16(20)21)6-8(9)13/h5-6,15H,2-4H2,1H3,(H,14,17)(H,18,19). The van der Waals surface area contributed by atoms with Crippen LogP contribution < -0.4 is 10.6 Å². The summed E-state index contributed by atoms with van der Waals surface area (Å²) in [5.74, 6) is -2.73. The summed E-state index contributed by atoms with van der Waals surface area (Å²) in [6.45, 7) is 2.29. The van der Waals surface area contributed by atoms with Gasteiger partial charge in [0, 0.05) is 19.5 Å². The van der Waals surface area contributed by atoms with Crippen LogP contribution in [-0.4, -0.2) is 35.0 Å². The zero-order valence-corrected chi connectivity index (χ0v) is 11.2. The number of nitrogens with zero attached hydrogens (tertiary/aromatic N) is 1. The van der Waals surface area contributed by atoms with Crippen molar-refractivity contribution in [2.24, 2.45) is 0 Å². The van der Waals surface area contributed by atoms with Crippen LogP contribution in [0.25, 0.3) is 0 Å². The van der Waals surface area contributed by atoms with E-state index < -0.39 is 28.0 Å². The summed E-state index contributed by atoms with van der Waals surface area (Å²) in [6.07, 6.45) is 0.0622. The number of carboxylic acid groups (broad SMARTS) is 1. The van der Waals surface area contributed by atoms with Gasteiger partial charge in [-0.25, -0.2) is 9.18 Å². The quantitative estimate of drug-likeness (QED) is 0.516. The van der Waals surface area contributed by atoms with Gasteiger partial charge >= 0.3 is 5.97 Å². The number of nitro groups is 1. The third-order valence-corrected chi connectivity index (χ3v) is 2.55. The highest BCUT2D eigenvalue weighted by Crippen LogP contribution is 2.26. The summed E-state index contributed by atoms with van der Waals surface area (Å²) in [4.78, 5) is 31.8. The molecule has 9 heteroatoms. The molecule has 0 bridgehead atoms. The van der Waals surface area contributed by atoms with Gasteiger partial charge in [0.2, 0.25) is 5.91 Å². The van der Waals surface area contributed by atoms with Crippen molar-refractivity contribution in [2.45, 2.75) is 13.3 Å². The molecule has 3 N–H and O–H groups in total. The number of hydrogen-bond acceptors (Lipinski definition) is 5. The summed E-state index contributed by atoms with van der Waals surface area (Å²) in [7, 11) is 0. The largest absolute Gasteiger partial charge is 0.477 e. The molecule has 0 spiro atoms. The van der Waals surface area contributed by atoms with Gasteiger partial charge in [-0.2, -0.15) is 0 Å². The van der Waals surface area contributed by atoms with Crippen LogP contribution in [-0.2, 0) is 4.79 Å². The fraction of sp³-hybridized carbons (Fsp3) is 0.333. The third kappa shape index (κ3) is 4.41. The van der Waals surface area contributed by atoms with Crippen molar-refractivity contribution >= 4 is 23.3 Å². The molecule has 8 nitrogen and oxygen atoms in total. The Bertz CT molecular complexity index is 576. The van der Waals surface area contributed by atoms with E-state index in [4.69, 9.17) is 5.11 Å². The second-order valence-corrected chi connectivity index (χ2v) is 4.04. The van der Waals surface area contributed by atoms with E-state index in [-0.39, 0.29) is 24.6 Å². The van der Waals surface area contributed by atoms with Gasteiger partial charge in [-0.15, -0.1) is 0 Å². The number of aromatic carboxylic acids is 1. The first-order valence-electron chi connectivity index (χ1n) is 6.08. The van der Waals surface area contributed by atoms with E-state index in [0.717, 1.165) is 6.07 Å². The van der Waals surface area contributed by atoms with E-state index in [2.05, 4.69) is 10.6 Å². The third-order valence-electron chi connectivity index (χ3n) is 2.55. The van der Waals surface area contributed by atoms with Gasteiger partial charge in [0.15, 0.2) is 5.82 Å². The molecule has 0 fully saturated rings. The van der Waals surface area contributed by atoms with Crippen molar-refractivity contribution in [2.75, 3.05) is 18.4 Å². The molecule has 21 heavy (non-hydrogen) atoms. The number of nitrogens with one attached hydrogen (secondary N) is 2. The summed E-state index contributed by atoms with van der Waals surface area (Å²) in [5, 5.41) is 24.6. The maximum absolute atomic E-state index is 13.7. The minimum Gasteiger partial charge on any atom is -0.477 e. The lowest BCUT2D eigenvalue weighted by Crippen LogP contribution is -2.24. The van der Waals surface area contributed by atoms with Crippen LogP contribution >= 0.6 is 0 Å². The lowest BCUT2D eigenvalue weighted by Gasteiger charge is -2.09. The van der Waals surface area contributed by atoms with Crippen molar-refractivity contribution in [1.29, 1.82) is 0 Å². The molecule has 1 aromatic carbocycles. The minimum absolute atomic E-state index is 0.0622. The first-order chi connectivity index (χ1) is 9.86. The molecule has 0 aromatic heterocycles. The van der Waals surface area contributed by atoms with Crippen molar-refractivity contribution in [3.63, 3.8) is 0 Å². The molecule has 1 aromatic rings. The molecule has 0 unspecified atom stereocenters. The summed E-state index contributed by atoms with van der Waals surface area (Å²) >= 11 is 0. The minimum atomic E-state index is -1.53. The molecule has 1 rings (SSSR count). The Kier molecular flexibility index (Phi) is 5.58. The van der Waals surface area contributed by atoms with Gasteiger partial charge in [-0.3, -0.25) is 14.9 Å². The monoisotopic (exact) mass is 299 g/mol. The summed E-state index contributed by atoms with van der Waals surface area (Å²) < 4.78 is 13.7. The SMILES string of the molecule is CCNC(=O)CCNc1cc(C(=O)O)c([N+](=O)[O-])cc1F. The van der Waals surface area contributed by atoms with Crippen molar-refractivity contribution < 1.29 is 24.0 Å². The predicted molar refractivity (Wildman–Crippen MR) is 71.8 cm³/mol. The average Bonchev–Trinajstić information content (AvgIpc) is 2.40. The molecular formula is C12H14FN3O5. The molecule has 0 saturated heterocycles. The fourth-order valence-electron chi connectivity index (χ4n) is 1.62. The smallest absolute Gasteiger partial charge is 0.342 e.